The third-order valence-electron chi connectivity index (χ3n) is 1.60. The molecule has 0 amide bonds. The van der Waals surface area contributed by atoms with Gasteiger partial charge in [-0.3, -0.25) is 0 Å². The van der Waals surface area contributed by atoms with Crippen molar-refractivity contribution >= 4 is 23.5 Å². The normalized spacial score (nSPS) is 45.0. The van der Waals surface area contributed by atoms with E-state index in [1.165, 1.54) is 5.75 Å². The lowest BCUT2D eigenvalue weighted by molar-refractivity contribution is 0.158. The summed E-state index contributed by atoms with van der Waals surface area (Å²) in [4.78, 5) is -0.483. The van der Waals surface area contributed by atoms with Gasteiger partial charge in [0.1, 0.15) is 4.93 Å². The molecule has 2 atom stereocenters. The molecular formula is C6H12OS2. The number of hydrogen-bond donors (Lipinski definition) is 1. The Hall–Kier alpha value is 0.660. The van der Waals surface area contributed by atoms with Crippen molar-refractivity contribution in [2.24, 2.45) is 0 Å². The molecule has 0 spiro atoms. The molecule has 1 rings (SSSR count). The van der Waals surface area contributed by atoms with Crippen LogP contribution in [0.3, 0.4) is 0 Å². The standard InChI is InChI=1S/C6H12OS2/c1-5-6(2,7)9-4-3-8-5/h5,7H,3-4H2,1-2H3. The average Bonchev–Trinajstić information content (AvgIpc) is 1.77. The Morgan fingerprint density at radius 2 is 2.22 bits per heavy atom. The molecule has 54 valence electrons. The molecule has 9 heavy (non-hydrogen) atoms. The van der Waals surface area contributed by atoms with Gasteiger partial charge in [-0.05, 0) is 13.8 Å². The summed E-state index contributed by atoms with van der Waals surface area (Å²) in [6, 6.07) is 0. The van der Waals surface area contributed by atoms with Crippen LogP contribution in [0.1, 0.15) is 13.8 Å². The van der Waals surface area contributed by atoms with E-state index in [0.29, 0.717) is 5.25 Å². The van der Waals surface area contributed by atoms with Crippen molar-refractivity contribution in [2.45, 2.75) is 24.0 Å². The highest BCUT2D eigenvalue weighted by Gasteiger charge is 2.31. The molecule has 1 aliphatic heterocycles. The Bertz CT molecular complexity index is 103. The van der Waals surface area contributed by atoms with Gasteiger partial charge in [0.05, 0.1) is 0 Å². The predicted octanol–water partition coefficient (Wildman–Crippen LogP) is 1.56. The highest BCUT2D eigenvalue weighted by Crippen LogP contribution is 2.37. The van der Waals surface area contributed by atoms with E-state index in [1.54, 1.807) is 11.8 Å². The highest BCUT2D eigenvalue weighted by molar-refractivity contribution is 8.07. The topological polar surface area (TPSA) is 20.2 Å². The molecule has 1 fully saturated rings. The Morgan fingerprint density at radius 3 is 2.56 bits per heavy atom. The highest BCUT2D eigenvalue weighted by atomic mass is 32.2. The molecule has 0 aromatic heterocycles. The van der Waals surface area contributed by atoms with Crippen LogP contribution in [-0.4, -0.2) is 26.8 Å². The monoisotopic (exact) mass is 164 g/mol. The lowest BCUT2D eigenvalue weighted by Crippen LogP contribution is -2.35. The SMILES string of the molecule is CC1SCCSC1(C)O. The maximum absolute atomic E-state index is 9.59. The lowest BCUT2D eigenvalue weighted by atomic mass is 10.3. The molecule has 0 aromatic rings. The van der Waals surface area contributed by atoms with Crippen molar-refractivity contribution in [3.05, 3.63) is 0 Å². The first-order chi connectivity index (χ1) is 4.13. The molecule has 1 saturated heterocycles. The molecule has 0 bridgehead atoms. The van der Waals surface area contributed by atoms with Gasteiger partial charge in [0.15, 0.2) is 0 Å². The maximum Gasteiger partial charge on any atom is 0.119 e. The van der Waals surface area contributed by atoms with E-state index in [9.17, 15) is 5.11 Å². The largest absolute Gasteiger partial charge is 0.379 e. The molecule has 1 nitrogen and oxygen atoms in total. The quantitative estimate of drug-likeness (QED) is 0.587. The van der Waals surface area contributed by atoms with Crippen LogP contribution in [0.25, 0.3) is 0 Å². The Balaban J connectivity index is 2.49. The molecule has 0 aromatic carbocycles. The molecule has 1 N–H and O–H groups in total. The summed E-state index contributed by atoms with van der Waals surface area (Å²) in [5.74, 6) is 2.27. The fourth-order valence-electron chi connectivity index (χ4n) is 0.745. The molecule has 2 unspecified atom stereocenters. The summed E-state index contributed by atoms with van der Waals surface area (Å²) in [7, 11) is 0. The zero-order valence-corrected chi connectivity index (χ0v) is 7.39. The van der Waals surface area contributed by atoms with Gasteiger partial charge < -0.3 is 5.11 Å². The van der Waals surface area contributed by atoms with Gasteiger partial charge in [-0.1, -0.05) is 0 Å². The van der Waals surface area contributed by atoms with Crippen LogP contribution in [0.15, 0.2) is 0 Å². The lowest BCUT2D eigenvalue weighted by Gasteiger charge is -2.33. The average molecular weight is 164 g/mol. The van der Waals surface area contributed by atoms with Gasteiger partial charge in [-0.2, -0.15) is 11.8 Å². The third kappa shape index (κ3) is 1.79. The van der Waals surface area contributed by atoms with Gasteiger partial charge in [-0.25, -0.2) is 0 Å². The van der Waals surface area contributed by atoms with Crippen molar-refractivity contribution in [1.82, 2.24) is 0 Å². The molecule has 0 saturated carbocycles. The summed E-state index contributed by atoms with van der Waals surface area (Å²) in [6.45, 7) is 3.98. The fourth-order valence-corrected chi connectivity index (χ4v) is 3.18. The third-order valence-corrected chi connectivity index (χ3v) is 4.75. The minimum Gasteiger partial charge on any atom is -0.379 e. The minimum absolute atomic E-state index is 0.385. The summed E-state index contributed by atoms with van der Waals surface area (Å²) in [5, 5.41) is 9.97. The molecule has 0 radical (unpaired) electrons. The second-order valence-electron chi connectivity index (χ2n) is 2.42. The van der Waals surface area contributed by atoms with Crippen molar-refractivity contribution in [1.29, 1.82) is 0 Å². The number of hydrogen-bond acceptors (Lipinski definition) is 3. The van der Waals surface area contributed by atoms with E-state index < -0.39 is 4.93 Å². The predicted molar refractivity (Wildman–Crippen MR) is 45.0 cm³/mol. The molecule has 1 heterocycles. The van der Waals surface area contributed by atoms with Gasteiger partial charge in [0, 0.05) is 16.8 Å². The van der Waals surface area contributed by atoms with E-state index in [2.05, 4.69) is 6.92 Å². The van der Waals surface area contributed by atoms with Crippen LogP contribution in [0, 0.1) is 0 Å². The summed E-state index contributed by atoms with van der Waals surface area (Å²) < 4.78 is 0. The van der Waals surface area contributed by atoms with Crippen LogP contribution in [0.4, 0.5) is 0 Å². The van der Waals surface area contributed by atoms with Crippen LogP contribution in [0.2, 0.25) is 0 Å². The van der Waals surface area contributed by atoms with Crippen LogP contribution in [-0.2, 0) is 0 Å². The zero-order chi connectivity index (χ0) is 6.91. The van der Waals surface area contributed by atoms with E-state index in [0.717, 1.165) is 5.75 Å². The summed E-state index contributed by atoms with van der Waals surface area (Å²) in [5.41, 5.74) is 0. The Morgan fingerprint density at radius 1 is 1.56 bits per heavy atom. The Kier molecular flexibility index (Phi) is 2.35. The van der Waals surface area contributed by atoms with E-state index in [4.69, 9.17) is 0 Å². The van der Waals surface area contributed by atoms with Gasteiger partial charge in [0.2, 0.25) is 0 Å². The fraction of sp³-hybridized carbons (Fsp3) is 1.00. The van der Waals surface area contributed by atoms with E-state index >= 15 is 0 Å². The van der Waals surface area contributed by atoms with Gasteiger partial charge >= 0.3 is 0 Å². The Labute approximate surface area is 64.6 Å². The first-order valence-corrected chi connectivity index (χ1v) is 5.14. The van der Waals surface area contributed by atoms with Crippen molar-refractivity contribution in [3.8, 4) is 0 Å². The van der Waals surface area contributed by atoms with E-state index in [1.807, 2.05) is 18.7 Å². The molecule has 0 aliphatic carbocycles. The molecular weight excluding hydrogens is 152 g/mol. The van der Waals surface area contributed by atoms with Crippen LogP contribution < -0.4 is 0 Å². The van der Waals surface area contributed by atoms with Gasteiger partial charge in [0.25, 0.3) is 0 Å². The van der Waals surface area contributed by atoms with Crippen LogP contribution >= 0.6 is 23.5 Å². The number of rotatable bonds is 0. The van der Waals surface area contributed by atoms with Gasteiger partial charge in [-0.15, -0.1) is 11.8 Å². The van der Waals surface area contributed by atoms with Crippen molar-refractivity contribution in [2.75, 3.05) is 11.5 Å². The second kappa shape index (κ2) is 2.72. The molecule has 3 heteroatoms. The zero-order valence-electron chi connectivity index (χ0n) is 5.76. The smallest absolute Gasteiger partial charge is 0.119 e. The van der Waals surface area contributed by atoms with Crippen molar-refractivity contribution in [3.63, 3.8) is 0 Å². The summed E-state index contributed by atoms with van der Waals surface area (Å²) >= 11 is 3.52. The van der Waals surface area contributed by atoms with Crippen molar-refractivity contribution < 1.29 is 5.11 Å². The first kappa shape index (κ1) is 7.76. The second-order valence-corrected chi connectivity index (χ2v) is 5.39. The first-order valence-electron chi connectivity index (χ1n) is 3.11. The minimum atomic E-state index is -0.483. The molecule has 1 aliphatic rings. The maximum atomic E-state index is 9.59. The van der Waals surface area contributed by atoms with E-state index in [-0.39, 0.29) is 0 Å². The summed E-state index contributed by atoms with van der Waals surface area (Å²) in [6.07, 6.45) is 0. The number of aliphatic hydroxyl groups is 1. The van der Waals surface area contributed by atoms with Crippen LogP contribution in [0.5, 0.6) is 0 Å². The number of thioether (sulfide) groups is 2.